The molecule has 0 unspecified atom stereocenters. The minimum absolute atomic E-state index is 0.916. The van der Waals surface area contributed by atoms with Gasteiger partial charge in [0, 0.05) is 0 Å². The van der Waals surface area contributed by atoms with Crippen LogP contribution in [0.3, 0.4) is 0 Å². The minimum Gasteiger partial charge on any atom is -0.137 e. The van der Waals surface area contributed by atoms with E-state index in [2.05, 4.69) is 34.0 Å². The van der Waals surface area contributed by atoms with Crippen LogP contribution in [0, 0.1) is 2.88 Å². The van der Waals surface area contributed by atoms with Crippen LogP contribution < -0.4 is 0 Å². The third kappa shape index (κ3) is 1.23. The fourth-order valence-electron chi connectivity index (χ4n) is 1.28. The topological polar surface area (TPSA) is 0 Å². The molecule has 0 saturated heterocycles. The van der Waals surface area contributed by atoms with Crippen molar-refractivity contribution < 1.29 is 0 Å². The van der Waals surface area contributed by atoms with Crippen LogP contribution in [0.1, 0.15) is 30.7 Å². The van der Waals surface area contributed by atoms with Gasteiger partial charge >= 0.3 is 0 Å². The Labute approximate surface area is 78.8 Å². The monoisotopic (exact) mass is 264 g/mol. The van der Waals surface area contributed by atoms with E-state index in [0.29, 0.717) is 0 Å². The number of hydrogen-bond donors (Lipinski definition) is 0. The van der Waals surface area contributed by atoms with Gasteiger partial charge < -0.3 is 0 Å². The van der Waals surface area contributed by atoms with Gasteiger partial charge in [-0.05, 0) is 58.4 Å². The van der Waals surface area contributed by atoms with Gasteiger partial charge in [0.15, 0.2) is 0 Å². The summed E-state index contributed by atoms with van der Waals surface area (Å²) in [5.41, 5.74) is 1.58. The van der Waals surface area contributed by atoms with Crippen molar-refractivity contribution in [2.45, 2.75) is 25.2 Å². The minimum atomic E-state index is 0.916. The van der Waals surface area contributed by atoms with Gasteiger partial charge in [0.1, 0.15) is 0 Å². The van der Waals surface area contributed by atoms with Gasteiger partial charge in [0.05, 0.1) is 2.88 Å². The normalized spacial score (nSPS) is 18.9. The highest BCUT2D eigenvalue weighted by Crippen LogP contribution is 2.38. The lowest BCUT2D eigenvalue weighted by molar-refractivity contribution is 0.420. The highest BCUT2D eigenvalue weighted by Gasteiger charge is 2.19. The molecule has 1 fully saturated rings. The van der Waals surface area contributed by atoms with Crippen molar-refractivity contribution in [3.63, 3.8) is 0 Å². The number of rotatable bonds is 1. The summed E-state index contributed by atoms with van der Waals surface area (Å²) < 4.78 is 1.43. The first-order valence-corrected chi connectivity index (χ1v) is 5.56. The first-order valence-electron chi connectivity index (χ1n) is 3.60. The Morgan fingerprint density at radius 3 is 2.70 bits per heavy atom. The largest absolute Gasteiger partial charge is 0.137 e. The molecule has 2 heteroatoms. The van der Waals surface area contributed by atoms with Crippen molar-refractivity contribution in [1.29, 1.82) is 0 Å². The molecule has 0 spiro atoms. The molecule has 0 aromatic carbocycles. The third-order valence-corrected chi connectivity index (χ3v) is 3.97. The lowest BCUT2D eigenvalue weighted by Gasteiger charge is -2.24. The quantitative estimate of drug-likeness (QED) is 0.679. The van der Waals surface area contributed by atoms with Crippen molar-refractivity contribution in [3.8, 4) is 0 Å². The molecule has 0 atom stereocenters. The number of halogens is 1. The maximum Gasteiger partial charge on any atom is 0.0656 e. The molecule has 0 aliphatic heterocycles. The molecule has 0 bridgehead atoms. The van der Waals surface area contributed by atoms with Gasteiger partial charge in [-0.25, -0.2) is 0 Å². The molecule has 0 nitrogen and oxygen atoms in total. The summed E-state index contributed by atoms with van der Waals surface area (Å²) in [7, 11) is 0. The SMILES string of the molecule is Ic1cc(C2CCC2)cs1. The van der Waals surface area contributed by atoms with Crippen LogP contribution in [-0.2, 0) is 0 Å². The van der Waals surface area contributed by atoms with Gasteiger partial charge in [0.25, 0.3) is 0 Å². The van der Waals surface area contributed by atoms with E-state index in [1.54, 1.807) is 5.56 Å². The fraction of sp³-hybridized carbons (Fsp3) is 0.500. The van der Waals surface area contributed by atoms with Crippen LogP contribution in [0.15, 0.2) is 11.4 Å². The Hall–Kier alpha value is 0.430. The summed E-state index contributed by atoms with van der Waals surface area (Å²) in [5.74, 6) is 0.916. The third-order valence-electron chi connectivity index (χ3n) is 2.16. The second kappa shape index (κ2) is 2.81. The van der Waals surface area contributed by atoms with Crippen molar-refractivity contribution in [2.24, 2.45) is 0 Å². The summed E-state index contributed by atoms with van der Waals surface area (Å²) in [4.78, 5) is 0. The molecule has 0 N–H and O–H groups in total. The molecule has 1 aliphatic carbocycles. The lowest BCUT2D eigenvalue weighted by Crippen LogP contribution is -2.06. The van der Waals surface area contributed by atoms with E-state index in [1.807, 2.05) is 11.3 Å². The van der Waals surface area contributed by atoms with Crippen LogP contribution in [0.5, 0.6) is 0 Å². The van der Waals surface area contributed by atoms with E-state index in [4.69, 9.17) is 0 Å². The number of thiophene rings is 1. The van der Waals surface area contributed by atoms with Crippen LogP contribution in [0.25, 0.3) is 0 Å². The van der Waals surface area contributed by atoms with Gasteiger partial charge in [-0.3, -0.25) is 0 Å². The van der Waals surface area contributed by atoms with Gasteiger partial charge in [-0.2, -0.15) is 0 Å². The Kier molecular flexibility index (Phi) is 2.00. The molecule has 54 valence electrons. The molecule has 2 rings (SSSR count). The molecule has 1 aromatic heterocycles. The maximum absolute atomic E-state index is 2.39. The first kappa shape index (κ1) is 7.10. The van der Waals surface area contributed by atoms with Gasteiger partial charge in [0.2, 0.25) is 0 Å². The Bertz CT molecular complexity index is 225. The average Bonchev–Trinajstić information content (AvgIpc) is 2.10. The molecule has 1 heterocycles. The van der Waals surface area contributed by atoms with Crippen LogP contribution >= 0.6 is 33.9 Å². The zero-order valence-corrected chi connectivity index (χ0v) is 8.61. The summed E-state index contributed by atoms with van der Waals surface area (Å²) >= 11 is 4.26. The van der Waals surface area contributed by atoms with Crippen LogP contribution in [0.2, 0.25) is 0 Å². The summed E-state index contributed by atoms with van der Waals surface area (Å²) in [6.07, 6.45) is 4.29. The molecule has 0 radical (unpaired) electrons. The van der Waals surface area contributed by atoms with Crippen LogP contribution in [-0.4, -0.2) is 0 Å². The summed E-state index contributed by atoms with van der Waals surface area (Å²) in [6.45, 7) is 0. The highest BCUT2D eigenvalue weighted by atomic mass is 127. The van der Waals surface area contributed by atoms with E-state index < -0.39 is 0 Å². The molecular formula is C8H9IS. The van der Waals surface area contributed by atoms with Crippen molar-refractivity contribution >= 4 is 33.9 Å². The zero-order chi connectivity index (χ0) is 6.97. The average molecular weight is 264 g/mol. The van der Waals surface area contributed by atoms with Crippen molar-refractivity contribution in [1.82, 2.24) is 0 Å². The summed E-state index contributed by atoms with van der Waals surface area (Å²) in [5, 5.41) is 2.31. The maximum atomic E-state index is 2.39. The van der Waals surface area contributed by atoms with E-state index in [0.717, 1.165) is 5.92 Å². The Morgan fingerprint density at radius 1 is 1.50 bits per heavy atom. The van der Waals surface area contributed by atoms with E-state index in [1.165, 1.54) is 22.1 Å². The molecule has 1 aromatic rings. The smallest absolute Gasteiger partial charge is 0.0656 e. The van der Waals surface area contributed by atoms with E-state index in [-0.39, 0.29) is 0 Å². The molecule has 10 heavy (non-hydrogen) atoms. The first-order chi connectivity index (χ1) is 4.86. The van der Waals surface area contributed by atoms with E-state index >= 15 is 0 Å². The second-order valence-electron chi connectivity index (χ2n) is 2.81. The van der Waals surface area contributed by atoms with Crippen LogP contribution in [0.4, 0.5) is 0 Å². The number of hydrogen-bond acceptors (Lipinski definition) is 1. The van der Waals surface area contributed by atoms with Gasteiger partial charge in [-0.15, -0.1) is 11.3 Å². The lowest BCUT2D eigenvalue weighted by atomic mass is 9.81. The molecular weight excluding hydrogens is 255 g/mol. The predicted octanol–water partition coefficient (Wildman–Crippen LogP) is 3.62. The Balaban J connectivity index is 2.17. The van der Waals surface area contributed by atoms with Gasteiger partial charge in [-0.1, -0.05) is 6.42 Å². The highest BCUT2D eigenvalue weighted by molar-refractivity contribution is 14.1. The molecule has 1 saturated carbocycles. The second-order valence-corrected chi connectivity index (χ2v) is 5.62. The van der Waals surface area contributed by atoms with Crippen molar-refractivity contribution in [3.05, 3.63) is 19.9 Å². The predicted molar refractivity (Wildman–Crippen MR) is 53.6 cm³/mol. The Morgan fingerprint density at radius 2 is 2.30 bits per heavy atom. The fourth-order valence-corrected chi connectivity index (χ4v) is 2.73. The molecule has 0 amide bonds. The standard InChI is InChI=1S/C8H9IS/c9-8-4-7(5-10-8)6-2-1-3-6/h4-6H,1-3H2. The molecule has 1 aliphatic rings. The van der Waals surface area contributed by atoms with Crippen molar-refractivity contribution in [2.75, 3.05) is 0 Å². The van der Waals surface area contributed by atoms with E-state index in [9.17, 15) is 0 Å². The summed E-state index contributed by atoms with van der Waals surface area (Å²) in [6, 6.07) is 2.33. The zero-order valence-electron chi connectivity index (χ0n) is 5.64.